The van der Waals surface area contributed by atoms with Crippen LogP contribution >= 0.6 is 0 Å². The van der Waals surface area contributed by atoms with Gasteiger partial charge in [0.25, 0.3) is 0 Å². The van der Waals surface area contributed by atoms with Gasteiger partial charge in [-0.2, -0.15) is 0 Å². The van der Waals surface area contributed by atoms with E-state index in [0.29, 0.717) is 13.0 Å². The zero-order valence-corrected chi connectivity index (χ0v) is 7.41. The van der Waals surface area contributed by atoms with E-state index in [1.165, 1.54) is 7.11 Å². The summed E-state index contributed by atoms with van der Waals surface area (Å²) in [7, 11) is 3.03. The topological polar surface area (TPSA) is 58.9 Å². The molecule has 0 bridgehead atoms. The molecule has 2 N–H and O–H groups in total. The average Bonchev–Trinajstić information content (AvgIpc) is 2.06. The maximum Gasteiger partial charge on any atom is 0.153 e. The van der Waals surface area contributed by atoms with Gasteiger partial charge in [0.1, 0.15) is 0 Å². The van der Waals surface area contributed by atoms with E-state index < -0.39 is 6.29 Å². The lowest BCUT2D eigenvalue weighted by Crippen LogP contribution is -2.05. The summed E-state index contributed by atoms with van der Waals surface area (Å²) >= 11 is 0. The van der Waals surface area contributed by atoms with Gasteiger partial charge in [0.05, 0.1) is 13.2 Å². The first kappa shape index (κ1) is 13.4. The van der Waals surface area contributed by atoms with Gasteiger partial charge in [0.2, 0.25) is 0 Å². The molecule has 0 saturated heterocycles. The Bertz CT molecular complexity index is 52.4. The van der Waals surface area contributed by atoms with Crippen molar-refractivity contribution < 1.29 is 19.7 Å². The van der Waals surface area contributed by atoms with Crippen LogP contribution in [-0.2, 0) is 9.47 Å². The summed E-state index contributed by atoms with van der Waals surface area (Å²) in [5, 5.41) is 16.4. The normalized spacial score (nSPS) is 11.7. The van der Waals surface area contributed by atoms with Gasteiger partial charge >= 0.3 is 0 Å². The highest BCUT2D eigenvalue weighted by molar-refractivity contribution is 4.26. The van der Waals surface area contributed by atoms with E-state index in [9.17, 15) is 0 Å². The number of aliphatic hydroxyl groups excluding tert-OH is 2. The Morgan fingerprint density at radius 3 is 1.91 bits per heavy atom. The monoisotopic (exact) mass is 166 g/mol. The highest BCUT2D eigenvalue weighted by Gasteiger charge is 1.90. The van der Waals surface area contributed by atoms with Crippen molar-refractivity contribution in [1.29, 1.82) is 0 Å². The third kappa shape index (κ3) is 17.7. The summed E-state index contributed by atoms with van der Waals surface area (Å²) in [6.45, 7) is 2.42. The summed E-state index contributed by atoms with van der Waals surface area (Å²) in [4.78, 5) is 0. The zero-order chi connectivity index (χ0) is 9.11. The van der Waals surface area contributed by atoms with Gasteiger partial charge in [-0.05, 0) is 6.42 Å². The van der Waals surface area contributed by atoms with Crippen molar-refractivity contribution >= 4 is 0 Å². The standard InChI is InChI=1S/C4H10O2.C3H8O2/c1-3-4(5)6-2;1-5-3-2-4/h4-5H,3H2,1-2H3;4H,2-3H2,1H3. The van der Waals surface area contributed by atoms with E-state index in [0.717, 1.165) is 0 Å². The molecule has 70 valence electrons. The van der Waals surface area contributed by atoms with Crippen LogP contribution in [0.4, 0.5) is 0 Å². The van der Waals surface area contributed by atoms with Crippen LogP contribution in [0.1, 0.15) is 13.3 Å². The summed E-state index contributed by atoms with van der Waals surface area (Å²) < 4.78 is 8.90. The Labute approximate surface area is 67.8 Å². The number of ether oxygens (including phenoxy) is 2. The van der Waals surface area contributed by atoms with Crippen LogP contribution in [-0.4, -0.2) is 43.9 Å². The van der Waals surface area contributed by atoms with E-state index in [2.05, 4.69) is 9.47 Å². The third-order valence-electron chi connectivity index (χ3n) is 0.917. The first-order valence-electron chi connectivity index (χ1n) is 3.53. The molecule has 1 unspecified atom stereocenters. The van der Waals surface area contributed by atoms with Gasteiger partial charge < -0.3 is 19.7 Å². The molecule has 0 saturated carbocycles. The first-order chi connectivity index (χ1) is 5.22. The fourth-order valence-electron chi connectivity index (χ4n) is 0.258. The molecule has 0 amide bonds. The fraction of sp³-hybridized carbons (Fsp3) is 1.00. The van der Waals surface area contributed by atoms with Crippen molar-refractivity contribution in [2.24, 2.45) is 0 Å². The highest BCUT2D eigenvalue weighted by atomic mass is 16.6. The smallest absolute Gasteiger partial charge is 0.153 e. The molecule has 11 heavy (non-hydrogen) atoms. The Morgan fingerprint density at radius 1 is 1.36 bits per heavy atom. The maximum atomic E-state index is 8.44. The lowest BCUT2D eigenvalue weighted by molar-refractivity contribution is -0.0748. The van der Waals surface area contributed by atoms with Gasteiger partial charge in [-0.3, -0.25) is 0 Å². The summed E-state index contributed by atoms with van der Waals surface area (Å²) in [5.41, 5.74) is 0. The van der Waals surface area contributed by atoms with Crippen LogP contribution in [0.2, 0.25) is 0 Å². The molecule has 0 aliphatic carbocycles. The Hall–Kier alpha value is -0.160. The molecule has 0 spiro atoms. The second kappa shape index (κ2) is 12.5. The fourth-order valence-corrected chi connectivity index (χ4v) is 0.258. The van der Waals surface area contributed by atoms with Crippen molar-refractivity contribution in [3.8, 4) is 0 Å². The van der Waals surface area contributed by atoms with Gasteiger partial charge in [-0.1, -0.05) is 6.92 Å². The van der Waals surface area contributed by atoms with Crippen LogP contribution in [0, 0.1) is 0 Å². The molecule has 4 heteroatoms. The molecule has 0 aromatic heterocycles. The van der Waals surface area contributed by atoms with Crippen LogP contribution in [0.15, 0.2) is 0 Å². The van der Waals surface area contributed by atoms with Gasteiger partial charge in [0.15, 0.2) is 6.29 Å². The van der Waals surface area contributed by atoms with Gasteiger partial charge in [-0.15, -0.1) is 0 Å². The second-order valence-electron chi connectivity index (χ2n) is 1.82. The quantitative estimate of drug-likeness (QED) is 0.576. The third-order valence-corrected chi connectivity index (χ3v) is 0.917. The molecule has 0 fully saturated rings. The van der Waals surface area contributed by atoms with Crippen LogP contribution in [0.3, 0.4) is 0 Å². The Balaban J connectivity index is 0. The molecule has 0 radical (unpaired) electrons. The van der Waals surface area contributed by atoms with Crippen molar-refractivity contribution in [1.82, 2.24) is 0 Å². The second-order valence-corrected chi connectivity index (χ2v) is 1.82. The van der Waals surface area contributed by atoms with E-state index in [1.807, 2.05) is 6.92 Å². The number of aliphatic hydroxyl groups is 2. The molecular weight excluding hydrogens is 148 g/mol. The maximum absolute atomic E-state index is 8.44. The van der Waals surface area contributed by atoms with E-state index in [-0.39, 0.29) is 6.61 Å². The number of hydrogen-bond acceptors (Lipinski definition) is 4. The molecule has 0 aliphatic rings. The number of hydrogen-bond donors (Lipinski definition) is 2. The van der Waals surface area contributed by atoms with Crippen molar-refractivity contribution in [2.75, 3.05) is 27.4 Å². The van der Waals surface area contributed by atoms with E-state index in [4.69, 9.17) is 10.2 Å². The van der Waals surface area contributed by atoms with Crippen molar-refractivity contribution in [3.63, 3.8) is 0 Å². The van der Waals surface area contributed by atoms with Gasteiger partial charge in [-0.25, -0.2) is 0 Å². The lowest BCUT2D eigenvalue weighted by Gasteiger charge is -2.00. The Kier molecular flexibility index (Phi) is 15.3. The predicted molar refractivity (Wildman–Crippen MR) is 42.3 cm³/mol. The lowest BCUT2D eigenvalue weighted by atomic mass is 10.5. The van der Waals surface area contributed by atoms with E-state index in [1.54, 1.807) is 7.11 Å². The zero-order valence-electron chi connectivity index (χ0n) is 7.41. The summed E-state index contributed by atoms with van der Waals surface area (Å²) in [5.74, 6) is 0. The van der Waals surface area contributed by atoms with E-state index >= 15 is 0 Å². The van der Waals surface area contributed by atoms with Crippen molar-refractivity contribution in [2.45, 2.75) is 19.6 Å². The highest BCUT2D eigenvalue weighted by Crippen LogP contribution is 1.85. The largest absolute Gasteiger partial charge is 0.394 e. The molecule has 0 rings (SSSR count). The molecule has 0 aliphatic heterocycles. The molecule has 1 atom stereocenters. The number of methoxy groups -OCH3 is 2. The SMILES string of the molecule is CCC(O)OC.COCCO. The molecular formula is C7H18O4. The molecule has 0 aromatic rings. The van der Waals surface area contributed by atoms with Gasteiger partial charge in [0, 0.05) is 14.2 Å². The van der Waals surface area contributed by atoms with Crippen molar-refractivity contribution in [3.05, 3.63) is 0 Å². The number of rotatable bonds is 4. The summed E-state index contributed by atoms with van der Waals surface area (Å²) in [6, 6.07) is 0. The molecule has 0 heterocycles. The summed E-state index contributed by atoms with van der Waals surface area (Å²) in [6.07, 6.45) is 0.0984. The molecule has 0 aromatic carbocycles. The first-order valence-corrected chi connectivity index (χ1v) is 3.53. The minimum absolute atomic E-state index is 0.122. The predicted octanol–water partition coefficient (Wildman–Crippen LogP) is -0.0137. The minimum Gasteiger partial charge on any atom is -0.394 e. The van der Waals surface area contributed by atoms with Crippen LogP contribution < -0.4 is 0 Å². The minimum atomic E-state index is -0.565. The Morgan fingerprint density at radius 2 is 1.91 bits per heavy atom. The average molecular weight is 166 g/mol. The van der Waals surface area contributed by atoms with Crippen LogP contribution in [0.25, 0.3) is 0 Å². The van der Waals surface area contributed by atoms with Crippen LogP contribution in [0.5, 0.6) is 0 Å². The molecule has 4 nitrogen and oxygen atoms in total.